The van der Waals surface area contributed by atoms with Crippen LogP contribution in [-0.4, -0.2) is 58.1 Å². The van der Waals surface area contributed by atoms with Crippen LogP contribution in [0.5, 0.6) is 0 Å². The Labute approximate surface area is 243 Å². The number of ether oxygens (including phenoxy) is 1. The van der Waals surface area contributed by atoms with Crippen molar-refractivity contribution in [2.45, 2.75) is 26.2 Å². The van der Waals surface area contributed by atoms with Crippen LogP contribution >= 0.6 is 11.6 Å². The molecule has 1 fully saturated rings. The number of para-hydroxylation sites is 1. The van der Waals surface area contributed by atoms with E-state index in [-0.39, 0.29) is 63.3 Å². The van der Waals surface area contributed by atoms with Crippen LogP contribution in [0, 0.1) is 29.2 Å². The van der Waals surface area contributed by atoms with E-state index in [1.165, 1.54) is 46.8 Å². The van der Waals surface area contributed by atoms with Gasteiger partial charge in [-0.1, -0.05) is 17.7 Å². The molecule has 0 radical (unpaired) electrons. The van der Waals surface area contributed by atoms with Crippen molar-refractivity contribution in [1.29, 1.82) is 0 Å². The van der Waals surface area contributed by atoms with Crippen molar-refractivity contribution in [3.63, 3.8) is 0 Å². The Morgan fingerprint density at radius 2 is 1.74 bits per heavy atom. The van der Waals surface area contributed by atoms with E-state index in [1.54, 1.807) is 11.8 Å². The number of esters is 1. The summed E-state index contributed by atoms with van der Waals surface area (Å²) in [5, 5.41) is 4.52. The molecule has 0 bridgehead atoms. The highest BCUT2D eigenvalue weighted by atomic mass is 35.5. The molecule has 3 heterocycles. The predicted molar refractivity (Wildman–Crippen MR) is 148 cm³/mol. The predicted octanol–water partition coefficient (Wildman–Crippen LogP) is 6.18. The van der Waals surface area contributed by atoms with Crippen molar-refractivity contribution >= 4 is 40.6 Å². The highest BCUT2D eigenvalue weighted by molar-refractivity contribution is 6.33. The topological polar surface area (TPSA) is 80.0 Å². The number of hydrogen-bond donors (Lipinski definition) is 0. The summed E-state index contributed by atoms with van der Waals surface area (Å²) >= 11 is 6.30. The Bertz CT molecular complexity index is 1630. The van der Waals surface area contributed by atoms with Gasteiger partial charge in [0.05, 0.1) is 23.0 Å². The minimum atomic E-state index is -1.63. The first kappa shape index (κ1) is 29.3. The average molecular weight is 604 g/mol. The number of aromatic nitrogens is 3. The SMILES string of the molecule is CCOC(=O)CC1CCN(C(=O)c2cc3nc(-c4cc(F)c(F)c(F)c4)cc(N(C)c4c(F)cccc4Cl)n3n2)CC1. The average Bonchev–Trinajstić information content (AvgIpc) is 3.39. The molecule has 0 N–H and O–H groups in total. The van der Waals surface area contributed by atoms with Gasteiger partial charge >= 0.3 is 5.97 Å². The molecule has 5 rings (SSSR count). The molecular weight excluding hydrogens is 578 g/mol. The van der Waals surface area contributed by atoms with E-state index >= 15 is 0 Å². The summed E-state index contributed by atoms with van der Waals surface area (Å²) in [5.74, 6) is -5.47. The highest BCUT2D eigenvalue weighted by Gasteiger charge is 2.28. The molecule has 1 amide bonds. The highest BCUT2D eigenvalue weighted by Crippen LogP contribution is 2.35. The fourth-order valence-corrected chi connectivity index (χ4v) is 5.32. The smallest absolute Gasteiger partial charge is 0.306 e. The van der Waals surface area contributed by atoms with Crippen molar-refractivity contribution in [2.24, 2.45) is 5.92 Å². The Morgan fingerprint density at radius 3 is 2.38 bits per heavy atom. The summed E-state index contributed by atoms with van der Waals surface area (Å²) in [6.07, 6.45) is 1.51. The van der Waals surface area contributed by atoms with Gasteiger partial charge in [0.2, 0.25) is 0 Å². The zero-order chi connectivity index (χ0) is 30.1. The molecule has 1 saturated heterocycles. The lowest BCUT2D eigenvalue weighted by Gasteiger charge is -2.31. The molecule has 0 unspecified atom stereocenters. The number of carbonyl (C=O) groups excluding carboxylic acids is 2. The van der Waals surface area contributed by atoms with Gasteiger partial charge in [-0.3, -0.25) is 9.59 Å². The van der Waals surface area contributed by atoms with Crippen molar-refractivity contribution in [3.8, 4) is 11.3 Å². The molecule has 2 aromatic heterocycles. The van der Waals surface area contributed by atoms with Crippen molar-refractivity contribution in [3.05, 3.63) is 76.5 Å². The number of nitrogens with zero attached hydrogens (tertiary/aromatic N) is 5. The maximum atomic E-state index is 14.9. The van der Waals surface area contributed by atoms with Crippen LogP contribution in [0.3, 0.4) is 0 Å². The Balaban J connectivity index is 1.53. The van der Waals surface area contributed by atoms with E-state index in [9.17, 15) is 27.2 Å². The van der Waals surface area contributed by atoms with Gasteiger partial charge in [0.15, 0.2) is 28.8 Å². The van der Waals surface area contributed by atoms with E-state index in [2.05, 4.69) is 10.1 Å². The molecule has 42 heavy (non-hydrogen) atoms. The third kappa shape index (κ3) is 5.76. The minimum Gasteiger partial charge on any atom is -0.466 e. The van der Waals surface area contributed by atoms with Gasteiger partial charge < -0.3 is 14.5 Å². The molecule has 13 heteroatoms. The number of benzene rings is 2. The largest absolute Gasteiger partial charge is 0.466 e. The lowest BCUT2D eigenvalue weighted by Crippen LogP contribution is -2.39. The lowest BCUT2D eigenvalue weighted by atomic mass is 9.93. The first-order valence-electron chi connectivity index (χ1n) is 13.3. The monoisotopic (exact) mass is 603 g/mol. The van der Waals surface area contributed by atoms with E-state index in [0.29, 0.717) is 32.5 Å². The molecular formula is C29H26ClF4N5O3. The summed E-state index contributed by atoms with van der Waals surface area (Å²) in [7, 11) is 1.51. The second kappa shape index (κ2) is 12.0. The standard InChI is InChI=1S/C29H26ClF4N5O3/c1-3-42-26(40)11-16-7-9-38(10-8-16)29(41)23-14-24-35-22(17-12-20(32)27(34)21(33)13-17)15-25(39(24)36-23)37(2)28-18(30)5-4-6-19(28)31/h4-6,12-16H,3,7-11H2,1-2H3. The third-order valence-electron chi connectivity index (χ3n) is 7.19. The third-order valence-corrected chi connectivity index (χ3v) is 7.49. The second-order valence-electron chi connectivity index (χ2n) is 9.93. The fraction of sp³-hybridized carbons (Fsp3) is 0.310. The summed E-state index contributed by atoms with van der Waals surface area (Å²) in [6.45, 7) is 2.86. The number of anilines is 2. The van der Waals surface area contributed by atoms with Crippen LogP contribution in [0.25, 0.3) is 16.9 Å². The summed E-state index contributed by atoms with van der Waals surface area (Å²) < 4.78 is 63.1. The number of fused-ring (bicyclic) bond motifs is 1. The normalized spacial score (nSPS) is 13.9. The number of likely N-dealkylation sites (tertiary alicyclic amines) is 1. The van der Waals surface area contributed by atoms with Gasteiger partial charge in [0.25, 0.3) is 5.91 Å². The number of hydrogen-bond acceptors (Lipinski definition) is 6. The zero-order valence-electron chi connectivity index (χ0n) is 22.7. The number of halogens is 5. The van der Waals surface area contributed by atoms with Crippen molar-refractivity contribution < 1.29 is 31.9 Å². The molecule has 0 saturated carbocycles. The van der Waals surface area contributed by atoms with E-state index < -0.39 is 23.3 Å². The van der Waals surface area contributed by atoms with Gasteiger partial charge in [-0.25, -0.2) is 22.5 Å². The molecule has 2 aromatic carbocycles. The van der Waals surface area contributed by atoms with Crippen molar-refractivity contribution in [2.75, 3.05) is 31.6 Å². The Morgan fingerprint density at radius 1 is 1.05 bits per heavy atom. The molecule has 220 valence electrons. The second-order valence-corrected chi connectivity index (χ2v) is 10.3. The van der Waals surface area contributed by atoms with Crippen LogP contribution in [-0.2, 0) is 9.53 Å². The quantitative estimate of drug-likeness (QED) is 0.143. The molecule has 0 aliphatic carbocycles. The van der Waals surface area contributed by atoms with Gasteiger partial charge in [-0.15, -0.1) is 0 Å². The fourth-order valence-electron chi connectivity index (χ4n) is 5.04. The van der Waals surface area contributed by atoms with Gasteiger partial charge in [-0.2, -0.15) is 9.61 Å². The number of carbonyl (C=O) groups is 2. The van der Waals surface area contributed by atoms with Crippen LogP contribution in [0.1, 0.15) is 36.7 Å². The number of piperidine rings is 1. The first-order valence-corrected chi connectivity index (χ1v) is 13.6. The van der Waals surface area contributed by atoms with Gasteiger partial charge in [0.1, 0.15) is 11.6 Å². The molecule has 1 aliphatic heterocycles. The van der Waals surface area contributed by atoms with E-state index in [1.807, 2.05) is 0 Å². The lowest BCUT2D eigenvalue weighted by molar-refractivity contribution is -0.144. The number of amides is 1. The summed E-state index contributed by atoms with van der Waals surface area (Å²) in [6, 6.07) is 8.51. The van der Waals surface area contributed by atoms with Crippen LogP contribution in [0.4, 0.5) is 29.1 Å². The number of rotatable bonds is 7. The van der Waals surface area contributed by atoms with Crippen LogP contribution in [0.15, 0.2) is 42.5 Å². The molecule has 0 atom stereocenters. The summed E-state index contributed by atoms with van der Waals surface area (Å²) in [5.41, 5.74) is 0.0806. The van der Waals surface area contributed by atoms with Crippen molar-refractivity contribution in [1.82, 2.24) is 19.5 Å². The first-order chi connectivity index (χ1) is 20.1. The summed E-state index contributed by atoms with van der Waals surface area (Å²) in [4.78, 5) is 32.7. The van der Waals surface area contributed by atoms with Gasteiger partial charge in [0, 0.05) is 44.3 Å². The molecule has 4 aromatic rings. The minimum absolute atomic E-state index is 0.0128. The maximum absolute atomic E-state index is 14.9. The van der Waals surface area contributed by atoms with E-state index in [0.717, 1.165) is 12.1 Å². The Kier molecular flexibility index (Phi) is 8.35. The van der Waals surface area contributed by atoms with E-state index in [4.69, 9.17) is 16.3 Å². The zero-order valence-corrected chi connectivity index (χ0v) is 23.5. The maximum Gasteiger partial charge on any atom is 0.306 e. The molecule has 8 nitrogen and oxygen atoms in total. The molecule has 0 spiro atoms. The Hall–Kier alpha value is -4.19. The molecule has 1 aliphatic rings. The van der Waals surface area contributed by atoms with Crippen LogP contribution in [0.2, 0.25) is 5.02 Å². The van der Waals surface area contributed by atoms with Crippen LogP contribution < -0.4 is 4.90 Å². The van der Waals surface area contributed by atoms with Gasteiger partial charge in [-0.05, 0) is 49.9 Å².